The molecule has 1 aliphatic carbocycles. The third-order valence-corrected chi connectivity index (χ3v) is 7.04. The molecule has 1 fully saturated rings. The average Bonchev–Trinajstić information content (AvgIpc) is 3.38. The third kappa shape index (κ3) is 4.75. The number of benzene rings is 2. The standard InChI is InChI=1S/C29H24N2O2S/c32-27(33)16-11-20-9-12-23(13-10-20)29(25-15-14-24(17-31-25)26-18-30-19-34-26)28(22-7-4-8-22)21-5-2-1-3-6-21/h1-3,5-6,9-19,22H,4,7-8H2,(H,32,33)/b16-11+,29-28-. The summed E-state index contributed by atoms with van der Waals surface area (Å²) >= 11 is 1.60. The Hall–Kier alpha value is -3.83. The molecule has 1 saturated carbocycles. The van der Waals surface area contributed by atoms with E-state index >= 15 is 0 Å². The van der Waals surface area contributed by atoms with Crippen LogP contribution in [0.25, 0.3) is 27.7 Å². The molecule has 0 amide bonds. The molecule has 168 valence electrons. The molecule has 0 saturated heterocycles. The molecule has 4 aromatic rings. The summed E-state index contributed by atoms with van der Waals surface area (Å²) in [5.41, 5.74) is 9.46. The predicted octanol–water partition coefficient (Wildman–Crippen LogP) is 7.06. The number of carboxylic acid groups (broad SMARTS) is 1. The SMILES string of the molecule is O=C(O)/C=C/c1ccc(/C(=C(\c2ccccc2)C2CCC2)c2ccc(-c3cncs3)cn2)cc1. The molecule has 2 aromatic heterocycles. The van der Waals surface area contributed by atoms with E-state index in [-0.39, 0.29) is 0 Å². The predicted molar refractivity (Wildman–Crippen MR) is 138 cm³/mol. The first-order chi connectivity index (χ1) is 16.7. The van der Waals surface area contributed by atoms with E-state index in [0.29, 0.717) is 5.92 Å². The summed E-state index contributed by atoms with van der Waals surface area (Å²) in [5.74, 6) is -0.460. The van der Waals surface area contributed by atoms with Gasteiger partial charge in [-0.3, -0.25) is 9.97 Å². The van der Waals surface area contributed by atoms with Gasteiger partial charge in [-0.15, -0.1) is 11.3 Å². The van der Waals surface area contributed by atoms with E-state index in [4.69, 9.17) is 10.1 Å². The van der Waals surface area contributed by atoms with E-state index in [1.54, 1.807) is 17.4 Å². The third-order valence-electron chi connectivity index (χ3n) is 6.22. The smallest absolute Gasteiger partial charge is 0.328 e. The van der Waals surface area contributed by atoms with Gasteiger partial charge in [0.2, 0.25) is 0 Å². The van der Waals surface area contributed by atoms with Gasteiger partial charge in [0, 0.05) is 29.6 Å². The number of pyridine rings is 1. The molecular formula is C29H24N2O2S. The second-order valence-corrected chi connectivity index (χ2v) is 9.26. The zero-order chi connectivity index (χ0) is 23.3. The maximum Gasteiger partial charge on any atom is 0.328 e. The number of hydrogen-bond acceptors (Lipinski definition) is 4. The quantitative estimate of drug-likeness (QED) is 0.235. The lowest BCUT2D eigenvalue weighted by Gasteiger charge is -2.31. The first-order valence-corrected chi connectivity index (χ1v) is 12.2. The Morgan fingerprint density at radius 3 is 2.32 bits per heavy atom. The molecule has 0 unspecified atom stereocenters. The molecule has 1 N–H and O–H groups in total. The van der Waals surface area contributed by atoms with E-state index in [1.165, 1.54) is 30.4 Å². The van der Waals surface area contributed by atoms with Crippen molar-refractivity contribution in [2.24, 2.45) is 5.92 Å². The fourth-order valence-electron chi connectivity index (χ4n) is 4.31. The van der Waals surface area contributed by atoms with Gasteiger partial charge in [-0.25, -0.2) is 4.79 Å². The zero-order valence-corrected chi connectivity index (χ0v) is 19.4. The van der Waals surface area contributed by atoms with Gasteiger partial charge in [0.05, 0.1) is 16.1 Å². The number of carbonyl (C=O) groups is 1. The van der Waals surface area contributed by atoms with E-state index in [0.717, 1.165) is 38.9 Å². The summed E-state index contributed by atoms with van der Waals surface area (Å²) in [6.07, 6.45) is 10.2. The van der Waals surface area contributed by atoms with Crippen LogP contribution in [0, 0.1) is 5.92 Å². The van der Waals surface area contributed by atoms with Crippen LogP contribution in [0.5, 0.6) is 0 Å². The molecule has 4 nitrogen and oxygen atoms in total. The van der Waals surface area contributed by atoms with E-state index in [1.807, 2.05) is 36.1 Å². The minimum atomic E-state index is -0.953. The van der Waals surface area contributed by atoms with Crippen molar-refractivity contribution < 1.29 is 9.90 Å². The van der Waals surface area contributed by atoms with Crippen LogP contribution in [-0.2, 0) is 4.79 Å². The number of aromatic nitrogens is 2. The van der Waals surface area contributed by atoms with E-state index < -0.39 is 5.97 Å². The number of allylic oxidation sites excluding steroid dienone is 1. The Kier molecular flexibility index (Phi) is 6.45. The maximum atomic E-state index is 10.9. The van der Waals surface area contributed by atoms with Gasteiger partial charge in [-0.2, -0.15) is 0 Å². The van der Waals surface area contributed by atoms with Gasteiger partial charge in [-0.05, 0) is 59.2 Å². The molecular weight excluding hydrogens is 440 g/mol. The largest absolute Gasteiger partial charge is 0.478 e. The van der Waals surface area contributed by atoms with Crippen molar-refractivity contribution in [2.45, 2.75) is 19.3 Å². The fraction of sp³-hybridized carbons (Fsp3) is 0.138. The lowest BCUT2D eigenvalue weighted by Crippen LogP contribution is -2.15. The van der Waals surface area contributed by atoms with Crippen LogP contribution >= 0.6 is 11.3 Å². The lowest BCUT2D eigenvalue weighted by atomic mass is 9.73. The highest BCUT2D eigenvalue weighted by atomic mass is 32.1. The van der Waals surface area contributed by atoms with E-state index in [9.17, 15) is 4.79 Å². The van der Waals surface area contributed by atoms with Crippen molar-refractivity contribution in [3.63, 3.8) is 0 Å². The van der Waals surface area contributed by atoms with Crippen LogP contribution in [0.2, 0.25) is 0 Å². The Morgan fingerprint density at radius 1 is 0.941 bits per heavy atom. The number of aliphatic carboxylic acids is 1. The molecule has 34 heavy (non-hydrogen) atoms. The van der Waals surface area contributed by atoms with Gasteiger partial charge in [0.1, 0.15) is 0 Å². The number of nitrogens with zero attached hydrogens (tertiary/aromatic N) is 2. The molecule has 2 heterocycles. The highest BCUT2D eigenvalue weighted by Gasteiger charge is 2.27. The van der Waals surface area contributed by atoms with Crippen molar-refractivity contribution in [1.29, 1.82) is 0 Å². The van der Waals surface area contributed by atoms with Gasteiger partial charge >= 0.3 is 5.97 Å². The molecule has 2 aromatic carbocycles. The Labute approximate surface area is 203 Å². The lowest BCUT2D eigenvalue weighted by molar-refractivity contribution is -0.131. The Bertz CT molecular complexity index is 1320. The second-order valence-electron chi connectivity index (χ2n) is 8.37. The van der Waals surface area contributed by atoms with Crippen molar-refractivity contribution >= 4 is 34.5 Å². The number of hydrogen-bond donors (Lipinski definition) is 1. The summed E-state index contributed by atoms with van der Waals surface area (Å²) in [7, 11) is 0. The molecule has 5 heteroatoms. The van der Waals surface area contributed by atoms with Crippen molar-refractivity contribution in [3.8, 4) is 10.4 Å². The van der Waals surface area contributed by atoms with Crippen LogP contribution in [0.4, 0.5) is 0 Å². The first kappa shape index (κ1) is 22.0. The van der Waals surface area contributed by atoms with Crippen LogP contribution in [-0.4, -0.2) is 21.0 Å². The van der Waals surface area contributed by atoms with E-state index in [2.05, 4.69) is 53.5 Å². The summed E-state index contributed by atoms with van der Waals surface area (Å²) < 4.78 is 0. The fourth-order valence-corrected chi connectivity index (χ4v) is 4.93. The maximum absolute atomic E-state index is 10.9. The van der Waals surface area contributed by atoms with Crippen LogP contribution in [0.15, 0.2) is 90.7 Å². The molecule has 0 atom stereocenters. The molecule has 0 aliphatic heterocycles. The second kappa shape index (κ2) is 9.98. The summed E-state index contributed by atoms with van der Waals surface area (Å²) in [6.45, 7) is 0. The van der Waals surface area contributed by atoms with Crippen molar-refractivity contribution in [1.82, 2.24) is 9.97 Å². The monoisotopic (exact) mass is 464 g/mol. The minimum Gasteiger partial charge on any atom is -0.478 e. The number of rotatable bonds is 7. The van der Waals surface area contributed by atoms with Gasteiger partial charge in [0.25, 0.3) is 0 Å². The minimum absolute atomic E-state index is 0.493. The summed E-state index contributed by atoms with van der Waals surface area (Å²) in [6, 6.07) is 22.9. The molecule has 0 bridgehead atoms. The van der Waals surface area contributed by atoms with Gasteiger partial charge in [0.15, 0.2) is 0 Å². The zero-order valence-electron chi connectivity index (χ0n) is 18.6. The van der Waals surface area contributed by atoms with Gasteiger partial charge < -0.3 is 5.11 Å². The molecule has 1 aliphatic rings. The normalized spacial score (nSPS) is 14.6. The van der Waals surface area contributed by atoms with Gasteiger partial charge in [-0.1, -0.05) is 61.0 Å². The summed E-state index contributed by atoms with van der Waals surface area (Å²) in [4.78, 5) is 21.1. The van der Waals surface area contributed by atoms with Crippen molar-refractivity contribution in [3.05, 3.63) is 113 Å². The highest BCUT2D eigenvalue weighted by Crippen LogP contribution is 2.44. The number of thiazole rings is 1. The van der Waals surface area contributed by atoms with Crippen LogP contribution in [0.3, 0.4) is 0 Å². The summed E-state index contributed by atoms with van der Waals surface area (Å²) in [5, 5.41) is 8.94. The average molecular weight is 465 g/mol. The number of carboxylic acids is 1. The first-order valence-electron chi connectivity index (χ1n) is 11.4. The van der Waals surface area contributed by atoms with Crippen LogP contribution in [0.1, 0.15) is 41.6 Å². The van der Waals surface area contributed by atoms with Crippen molar-refractivity contribution in [2.75, 3.05) is 0 Å². The topological polar surface area (TPSA) is 63.1 Å². The Balaban J connectivity index is 1.65. The Morgan fingerprint density at radius 2 is 1.74 bits per heavy atom. The highest BCUT2D eigenvalue weighted by molar-refractivity contribution is 7.13. The molecule has 5 rings (SSSR count). The molecule has 0 radical (unpaired) electrons. The van der Waals surface area contributed by atoms with Crippen LogP contribution < -0.4 is 0 Å². The molecule has 0 spiro atoms.